The number of carbonyl (C=O) groups excluding carboxylic acids is 6. The number of rotatable bonds is 19. The summed E-state index contributed by atoms with van der Waals surface area (Å²) in [5, 5.41) is 22.8. The first-order valence-electron chi connectivity index (χ1n) is 19.2. The molecule has 312 valence electrons. The van der Waals surface area contributed by atoms with Crippen molar-refractivity contribution in [3.63, 3.8) is 0 Å². The molecule has 0 radical (unpaired) electrons. The Labute approximate surface area is 337 Å². The highest BCUT2D eigenvalue weighted by Gasteiger charge is 2.32. The van der Waals surface area contributed by atoms with Gasteiger partial charge >= 0.3 is 24.2 Å². The third kappa shape index (κ3) is 13.7. The molecule has 3 aromatic carbocycles. The van der Waals surface area contributed by atoms with E-state index in [1.54, 1.807) is 32.9 Å². The predicted octanol–water partition coefficient (Wildman–Crippen LogP) is 4.13. The van der Waals surface area contributed by atoms with Crippen LogP contribution in [-0.4, -0.2) is 91.6 Å². The summed E-state index contributed by atoms with van der Waals surface area (Å²) in [5.74, 6) is -2.21. The number of aromatic hydroxyl groups is 1. The normalized spacial score (nSPS) is 13.4. The third-order valence-electron chi connectivity index (χ3n) is 9.32. The molecule has 16 heteroatoms. The van der Waals surface area contributed by atoms with E-state index in [-0.39, 0.29) is 57.0 Å². The number of urea groups is 1. The lowest BCUT2D eigenvalue weighted by atomic mass is 9.98. The number of hydrogen-bond donors (Lipinski definition) is 7. The molecule has 0 aliphatic heterocycles. The van der Waals surface area contributed by atoms with Crippen molar-refractivity contribution in [2.45, 2.75) is 88.9 Å². The maximum Gasteiger partial charge on any atom is 0.408 e. The topological polar surface area (TPSA) is 237 Å². The molecular weight excluding hydrogens is 748 g/mol. The Balaban J connectivity index is 1.40. The molecule has 0 saturated carbocycles. The second-order valence-electron chi connectivity index (χ2n) is 14.9. The molecule has 3 atom stereocenters. The molecule has 0 spiro atoms. The number of amides is 6. The number of phenolic OH excluding ortho intramolecular Hbond substituents is 1. The fourth-order valence-electron chi connectivity index (χ4n) is 6.57. The number of hydrogen-bond acceptors (Lipinski definition) is 10. The minimum Gasteiger partial charge on any atom is -0.508 e. The van der Waals surface area contributed by atoms with E-state index in [0.29, 0.717) is 18.4 Å². The molecule has 16 nitrogen and oxygen atoms in total. The molecule has 0 bridgehead atoms. The molecule has 8 N–H and O–H groups in total. The van der Waals surface area contributed by atoms with Gasteiger partial charge in [-0.2, -0.15) is 0 Å². The molecule has 1 aliphatic carbocycles. The maximum absolute atomic E-state index is 13.8. The summed E-state index contributed by atoms with van der Waals surface area (Å²) < 4.78 is 15.9. The van der Waals surface area contributed by atoms with Gasteiger partial charge in [-0.15, -0.1) is 0 Å². The lowest BCUT2D eigenvalue weighted by Crippen LogP contribution is -2.56. The highest BCUT2D eigenvalue weighted by Crippen LogP contribution is 2.44. The Hall–Kier alpha value is -6.32. The molecule has 1 aliphatic rings. The summed E-state index contributed by atoms with van der Waals surface area (Å²) in [6, 6.07) is 17.9. The van der Waals surface area contributed by atoms with Gasteiger partial charge in [0.2, 0.25) is 11.8 Å². The predicted molar refractivity (Wildman–Crippen MR) is 215 cm³/mol. The molecule has 0 fully saturated rings. The zero-order chi connectivity index (χ0) is 42.2. The molecule has 3 aromatic rings. The Bertz CT molecular complexity index is 1850. The van der Waals surface area contributed by atoms with Crippen LogP contribution in [0.25, 0.3) is 11.1 Å². The number of unbranched alkanes of at least 4 members (excludes halogenated alkanes) is 1. The van der Waals surface area contributed by atoms with E-state index in [0.717, 1.165) is 22.3 Å². The van der Waals surface area contributed by atoms with Crippen molar-refractivity contribution in [3.05, 3.63) is 89.5 Å². The number of esters is 1. The van der Waals surface area contributed by atoms with E-state index in [2.05, 4.69) is 38.7 Å². The van der Waals surface area contributed by atoms with E-state index in [1.165, 1.54) is 19.2 Å². The van der Waals surface area contributed by atoms with Crippen molar-refractivity contribution in [1.29, 1.82) is 0 Å². The van der Waals surface area contributed by atoms with Crippen molar-refractivity contribution >= 4 is 36.0 Å². The van der Waals surface area contributed by atoms with E-state index >= 15 is 0 Å². The summed E-state index contributed by atoms with van der Waals surface area (Å²) in [4.78, 5) is 77.1. The highest BCUT2D eigenvalue weighted by atomic mass is 16.6. The minimum atomic E-state index is -1.19. The van der Waals surface area contributed by atoms with Gasteiger partial charge in [0.25, 0.3) is 0 Å². The average molecular weight is 803 g/mol. The average Bonchev–Trinajstić information content (AvgIpc) is 3.50. The van der Waals surface area contributed by atoms with Gasteiger partial charge < -0.3 is 51.6 Å². The Morgan fingerprint density at radius 3 is 1.84 bits per heavy atom. The molecule has 6 amide bonds. The maximum atomic E-state index is 13.8. The van der Waals surface area contributed by atoms with Crippen LogP contribution in [0.5, 0.6) is 5.75 Å². The summed E-state index contributed by atoms with van der Waals surface area (Å²) in [7, 11) is 1.18. The first kappa shape index (κ1) is 44.4. The zero-order valence-corrected chi connectivity index (χ0v) is 33.3. The third-order valence-corrected chi connectivity index (χ3v) is 9.32. The van der Waals surface area contributed by atoms with Gasteiger partial charge in [-0.25, -0.2) is 19.2 Å². The van der Waals surface area contributed by atoms with E-state index in [9.17, 15) is 33.9 Å². The number of alkyl carbamates (subject to hydrolysis) is 2. The van der Waals surface area contributed by atoms with E-state index < -0.39 is 59.7 Å². The highest BCUT2D eigenvalue weighted by molar-refractivity contribution is 5.93. The van der Waals surface area contributed by atoms with Crippen molar-refractivity contribution in [3.8, 4) is 16.9 Å². The van der Waals surface area contributed by atoms with Crippen LogP contribution in [0.3, 0.4) is 0 Å². The fraction of sp³-hybridized carbons (Fsp3) is 0.429. The van der Waals surface area contributed by atoms with Gasteiger partial charge in [-0.3, -0.25) is 9.59 Å². The van der Waals surface area contributed by atoms with Crippen molar-refractivity contribution in [2.24, 2.45) is 5.73 Å². The van der Waals surface area contributed by atoms with Crippen LogP contribution in [0, 0.1) is 0 Å². The number of methoxy groups -OCH3 is 1. The number of fused-ring (bicyclic) bond motifs is 3. The first-order valence-corrected chi connectivity index (χ1v) is 19.2. The van der Waals surface area contributed by atoms with E-state index in [1.807, 2.05) is 36.4 Å². The Kier molecular flexibility index (Phi) is 16.3. The zero-order valence-electron chi connectivity index (χ0n) is 33.3. The molecule has 0 heterocycles. The number of nitrogens with one attached hydrogen (secondary N) is 5. The minimum absolute atomic E-state index is 0.0262. The van der Waals surface area contributed by atoms with Gasteiger partial charge in [-0.1, -0.05) is 60.7 Å². The van der Waals surface area contributed by atoms with Gasteiger partial charge in [0.15, 0.2) is 0 Å². The summed E-state index contributed by atoms with van der Waals surface area (Å²) >= 11 is 0. The summed E-state index contributed by atoms with van der Waals surface area (Å²) in [6.07, 6.45) is -0.316. The van der Waals surface area contributed by atoms with Gasteiger partial charge in [0.05, 0.1) is 7.11 Å². The van der Waals surface area contributed by atoms with Gasteiger partial charge in [-0.05, 0) is 92.8 Å². The Morgan fingerprint density at radius 1 is 0.707 bits per heavy atom. The lowest BCUT2D eigenvalue weighted by Gasteiger charge is -2.26. The summed E-state index contributed by atoms with van der Waals surface area (Å²) in [6.45, 7) is 5.47. The molecular formula is C42H54N6O10. The number of carbonyl (C=O) groups is 6. The van der Waals surface area contributed by atoms with Crippen LogP contribution in [0.2, 0.25) is 0 Å². The van der Waals surface area contributed by atoms with Crippen LogP contribution >= 0.6 is 0 Å². The number of nitrogens with two attached hydrogens (primary N) is 1. The van der Waals surface area contributed by atoms with E-state index in [4.69, 9.17) is 19.9 Å². The standard InChI is InChI=1S/C42H54N6O10/c1-42(2,3)58-41(55)48-34(17-11-23-44-39(43)53)37(51)46-33(36(50)47-35(38(52)56-4)24-26-18-20-27(49)21-19-26)16-9-10-22-45-40(54)57-25-32-30-14-7-5-12-28(30)29-13-6-8-15-31(29)32/h5-8,12-15,18-21,32-35,49H,9-11,16-17,22-25H2,1-4H3,(H,45,54)(H,46,51)(H,47,50)(H,48,55)(H3,43,44,53)/t33-,34-,35-/m0/s1. The summed E-state index contributed by atoms with van der Waals surface area (Å²) in [5.41, 5.74) is 9.33. The quantitative estimate of drug-likeness (QED) is 0.0520. The first-order chi connectivity index (χ1) is 27.6. The Morgan fingerprint density at radius 2 is 1.26 bits per heavy atom. The molecule has 58 heavy (non-hydrogen) atoms. The van der Waals surface area contributed by atoms with Crippen LogP contribution < -0.4 is 32.3 Å². The number of benzene rings is 3. The number of ether oxygens (including phenoxy) is 3. The van der Waals surface area contributed by atoms with Gasteiger partial charge in [0.1, 0.15) is 36.1 Å². The van der Waals surface area contributed by atoms with Crippen LogP contribution in [0.15, 0.2) is 72.8 Å². The van der Waals surface area contributed by atoms with Crippen LogP contribution in [-0.2, 0) is 35.0 Å². The lowest BCUT2D eigenvalue weighted by molar-refractivity contribution is -0.145. The van der Waals surface area contributed by atoms with Crippen LogP contribution in [0.1, 0.15) is 75.5 Å². The van der Waals surface area contributed by atoms with Crippen molar-refractivity contribution in [2.75, 3.05) is 26.8 Å². The van der Waals surface area contributed by atoms with Crippen molar-refractivity contribution < 1.29 is 48.1 Å². The molecule has 4 rings (SSSR count). The molecule has 0 unspecified atom stereocenters. The molecule has 0 saturated heterocycles. The number of phenols is 1. The SMILES string of the molecule is COC(=O)[C@H](Cc1ccc(O)cc1)NC(=O)[C@H](CCCCNC(=O)OCC1c2ccccc2-c2ccccc21)NC(=O)[C@H](CCCNC(N)=O)NC(=O)OC(C)(C)C. The number of primary amides is 1. The second kappa shape index (κ2) is 21.3. The van der Waals surface area contributed by atoms with Crippen LogP contribution in [0.4, 0.5) is 14.4 Å². The monoisotopic (exact) mass is 802 g/mol. The largest absolute Gasteiger partial charge is 0.508 e. The smallest absolute Gasteiger partial charge is 0.408 e. The van der Waals surface area contributed by atoms with Crippen molar-refractivity contribution in [1.82, 2.24) is 26.6 Å². The fourth-order valence-corrected chi connectivity index (χ4v) is 6.57. The second-order valence-corrected chi connectivity index (χ2v) is 14.9. The molecule has 0 aromatic heterocycles. The van der Waals surface area contributed by atoms with Gasteiger partial charge in [0, 0.05) is 25.4 Å².